The lowest BCUT2D eigenvalue weighted by Crippen LogP contribution is -2.36. The summed E-state index contributed by atoms with van der Waals surface area (Å²) >= 11 is 0. The van der Waals surface area contributed by atoms with Crippen molar-refractivity contribution in [3.05, 3.63) is 48.2 Å². The number of amides is 1. The summed E-state index contributed by atoms with van der Waals surface area (Å²) in [5.41, 5.74) is 5.73. The number of rotatable bonds is 5. The average molecular weight is 278 g/mol. The third kappa shape index (κ3) is 3.50. The molecule has 0 fully saturated rings. The molecule has 1 amide bonds. The molecule has 5 nitrogen and oxygen atoms in total. The van der Waals surface area contributed by atoms with Gasteiger partial charge < -0.3 is 20.2 Å². The van der Waals surface area contributed by atoms with Crippen molar-refractivity contribution in [2.24, 2.45) is 0 Å². The molecule has 2 aromatic rings. The molecule has 0 saturated carbocycles. The van der Waals surface area contributed by atoms with Crippen molar-refractivity contribution < 1.29 is 18.3 Å². The topological polar surface area (TPSA) is 77.5 Å². The number of anilines is 1. The standard InChI is InChI=1S/C14H15FN2O3/c1-9(14(18)17-8-11-3-2-6-19-11)20-13-5-4-10(16)7-12(13)15/h2-7,9H,8,16H2,1H3,(H,17,18). The molecule has 1 aromatic heterocycles. The van der Waals surface area contributed by atoms with E-state index in [-0.39, 0.29) is 18.2 Å². The molecule has 0 radical (unpaired) electrons. The van der Waals surface area contributed by atoms with Crippen LogP contribution in [0.15, 0.2) is 41.0 Å². The fraction of sp³-hybridized carbons (Fsp3) is 0.214. The van der Waals surface area contributed by atoms with Gasteiger partial charge in [-0.2, -0.15) is 0 Å². The van der Waals surface area contributed by atoms with E-state index in [2.05, 4.69) is 5.32 Å². The van der Waals surface area contributed by atoms with E-state index in [9.17, 15) is 9.18 Å². The number of carbonyl (C=O) groups is 1. The lowest BCUT2D eigenvalue weighted by atomic mass is 10.3. The summed E-state index contributed by atoms with van der Waals surface area (Å²) in [5, 5.41) is 2.63. The van der Waals surface area contributed by atoms with E-state index in [1.54, 1.807) is 12.1 Å². The number of furan rings is 1. The number of halogens is 1. The van der Waals surface area contributed by atoms with Crippen molar-refractivity contribution in [1.29, 1.82) is 0 Å². The molecule has 20 heavy (non-hydrogen) atoms. The predicted octanol–water partition coefficient (Wildman–Crippen LogP) is 2.08. The van der Waals surface area contributed by atoms with Gasteiger partial charge in [-0.25, -0.2) is 4.39 Å². The molecule has 6 heteroatoms. The first-order valence-electron chi connectivity index (χ1n) is 6.08. The molecule has 1 heterocycles. The first-order valence-corrected chi connectivity index (χ1v) is 6.08. The van der Waals surface area contributed by atoms with Gasteiger partial charge in [-0.05, 0) is 31.2 Å². The quantitative estimate of drug-likeness (QED) is 0.821. The zero-order valence-corrected chi connectivity index (χ0v) is 10.9. The number of ether oxygens (including phenoxy) is 1. The highest BCUT2D eigenvalue weighted by atomic mass is 19.1. The van der Waals surface area contributed by atoms with E-state index in [0.29, 0.717) is 11.4 Å². The summed E-state index contributed by atoms with van der Waals surface area (Å²) in [6.45, 7) is 1.79. The lowest BCUT2D eigenvalue weighted by Gasteiger charge is -2.15. The molecular weight excluding hydrogens is 263 g/mol. The Bertz CT molecular complexity index is 584. The van der Waals surface area contributed by atoms with Gasteiger partial charge in [0.2, 0.25) is 0 Å². The van der Waals surface area contributed by atoms with Crippen molar-refractivity contribution >= 4 is 11.6 Å². The lowest BCUT2D eigenvalue weighted by molar-refractivity contribution is -0.127. The molecule has 1 aromatic carbocycles. The number of hydrogen-bond acceptors (Lipinski definition) is 4. The molecule has 3 N–H and O–H groups in total. The van der Waals surface area contributed by atoms with Crippen LogP contribution in [0.5, 0.6) is 5.75 Å². The highest BCUT2D eigenvalue weighted by Gasteiger charge is 2.16. The Morgan fingerprint density at radius 2 is 2.30 bits per heavy atom. The minimum Gasteiger partial charge on any atom is -0.478 e. The fourth-order valence-corrected chi connectivity index (χ4v) is 1.59. The monoisotopic (exact) mass is 278 g/mol. The minimum atomic E-state index is -0.830. The molecule has 0 aliphatic heterocycles. The zero-order valence-electron chi connectivity index (χ0n) is 10.9. The highest BCUT2D eigenvalue weighted by molar-refractivity contribution is 5.80. The average Bonchev–Trinajstić information content (AvgIpc) is 2.92. The van der Waals surface area contributed by atoms with Crippen LogP contribution < -0.4 is 15.8 Å². The van der Waals surface area contributed by atoms with Crippen molar-refractivity contribution in [2.75, 3.05) is 5.73 Å². The number of benzene rings is 1. The Balaban J connectivity index is 1.90. The van der Waals surface area contributed by atoms with Crippen LogP contribution in [0.2, 0.25) is 0 Å². The number of hydrogen-bond donors (Lipinski definition) is 2. The summed E-state index contributed by atoms with van der Waals surface area (Å²) in [6, 6.07) is 7.51. The molecule has 106 valence electrons. The maximum absolute atomic E-state index is 13.5. The number of nitrogens with two attached hydrogens (primary N) is 1. The van der Waals surface area contributed by atoms with Gasteiger partial charge in [-0.3, -0.25) is 4.79 Å². The minimum absolute atomic E-state index is 0.0140. The molecule has 0 saturated heterocycles. The summed E-state index contributed by atoms with van der Waals surface area (Å²) in [7, 11) is 0. The SMILES string of the molecule is CC(Oc1ccc(N)cc1F)C(=O)NCc1ccco1. The second kappa shape index (κ2) is 6.10. The molecule has 2 rings (SSSR count). The van der Waals surface area contributed by atoms with Crippen LogP contribution in [0.3, 0.4) is 0 Å². The summed E-state index contributed by atoms with van der Waals surface area (Å²) in [6.07, 6.45) is 0.689. The van der Waals surface area contributed by atoms with Gasteiger partial charge >= 0.3 is 0 Å². The first-order chi connectivity index (χ1) is 9.56. The van der Waals surface area contributed by atoms with E-state index in [4.69, 9.17) is 14.9 Å². The third-order valence-electron chi connectivity index (χ3n) is 2.65. The Kier molecular flexibility index (Phi) is 4.24. The Morgan fingerprint density at radius 1 is 1.50 bits per heavy atom. The maximum Gasteiger partial charge on any atom is 0.261 e. The highest BCUT2D eigenvalue weighted by Crippen LogP contribution is 2.20. The van der Waals surface area contributed by atoms with Crippen molar-refractivity contribution in [1.82, 2.24) is 5.32 Å². The van der Waals surface area contributed by atoms with Gasteiger partial charge in [0.1, 0.15) is 5.76 Å². The predicted molar refractivity (Wildman–Crippen MR) is 71.5 cm³/mol. The van der Waals surface area contributed by atoms with Crippen LogP contribution in [0, 0.1) is 5.82 Å². The normalized spacial score (nSPS) is 11.9. The van der Waals surface area contributed by atoms with Crippen molar-refractivity contribution in [3.8, 4) is 5.75 Å². The smallest absolute Gasteiger partial charge is 0.261 e. The van der Waals surface area contributed by atoms with Gasteiger partial charge in [0.25, 0.3) is 5.91 Å². The zero-order chi connectivity index (χ0) is 14.5. The van der Waals surface area contributed by atoms with Crippen molar-refractivity contribution in [2.45, 2.75) is 19.6 Å². The van der Waals surface area contributed by atoms with E-state index in [0.717, 1.165) is 6.07 Å². The van der Waals surface area contributed by atoms with Crippen molar-refractivity contribution in [3.63, 3.8) is 0 Å². The van der Waals surface area contributed by atoms with Crippen LogP contribution >= 0.6 is 0 Å². The number of carbonyl (C=O) groups excluding carboxylic acids is 1. The van der Waals surface area contributed by atoms with Gasteiger partial charge in [0, 0.05) is 11.8 Å². The second-order valence-electron chi connectivity index (χ2n) is 4.25. The second-order valence-corrected chi connectivity index (χ2v) is 4.25. The Hall–Kier alpha value is -2.50. The van der Waals surface area contributed by atoms with Gasteiger partial charge in [-0.15, -0.1) is 0 Å². The molecule has 0 aliphatic rings. The van der Waals surface area contributed by atoms with Crippen LogP contribution in [0.4, 0.5) is 10.1 Å². The van der Waals surface area contributed by atoms with E-state index in [1.807, 2.05) is 0 Å². The first kappa shape index (κ1) is 13.9. The third-order valence-corrected chi connectivity index (χ3v) is 2.65. The molecule has 0 bridgehead atoms. The van der Waals surface area contributed by atoms with E-state index >= 15 is 0 Å². The van der Waals surface area contributed by atoms with Crippen LogP contribution in [-0.2, 0) is 11.3 Å². The summed E-state index contributed by atoms with van der Waals surface area (Å²) in [5.74, 6) is -0.350. The fourth-order valence-electron chi connectivity index (χ4n) is 1.59. The molecular formula is C14H15FN2O3. The summed E-state index contributed by atoms with van der Waals surface area (Å²) in [4.78, 5) is 11.8. The van der Waals surface area contributed by atoms with E-state index in [1.165, 1.54) is 25.3 Å². The van der Waals surface area contributed by atoms with E-state index < -0.39 is 11.9 Å². The van der Waals surface area contributed by atoms with Crippen LogP contribution in [-0.4, -0.2) is 12.0 Å². The molecule has 0 spiro atoms. The number of nitrogens with one attached hydrogen (secondary N) is 1. The molecule has 1 unspecified atom stereocenters. The number of nitrogen functional groups attached to an aromatic ring is 1. The van der Waals surface area contributed by atoms with Gasteiger partial charge in [-0.1, -0.05) is 0 Å². The Morgan fingerprint density at radius 3 is 2.95 bits per heavy atom. The largest absolute Gasteiger partial charge is 0.478 e. The summed E-state index contributed by atoms with van der Waals surface area (Å²) < 4.78 is 23.9. The maximum atomic E-state index is 13.5. The molecule has 0 aliphatic carbocycles. The Labute approximate surface area is 115 Å². The van der Waals surface area contributed by atoms with Crippen LogP contribution in [0.1, 0.15) is 12.7 Å². The van der Waals surface area contributed by atoms with Gasteiger partial charge in [0.15, 0.2) is 17.7 Å². The van der Waals surface area contributed by atoms with Crippen LogP contribution in [0.25, 0.3) is 0 Å². The molecule has 1 atom stereocenters. The van der Waals surface area contributed by atoms with Gasteiger partial charge in [0.05, 0.1) is 12.8 Å².